The summed E-state index contributed by atoms with van der Waals surface area (Å²) < 4.78 is 8.77. The smallest absolute Gasteiger partial charge is 0.293 e. The van der Waals surface area contributed by atoms with Crippen LogP contribution in [0.25, 0.3) is 21.8 Å². The number of hydrogen-bond acceptors (Lipinski definition) is 11. The van der Waals surface area contributed by atoms with Gasteiger partial charge < -0.3 is 30.2 Å². The molecule has 0 saturated carbocycles. The molecule has 0 aliphatic carbocycles. The Balaban J connectivity index is 1.04. The van der Waals surface area contributed by atoms with Gasteiger partial charge in [-0.05, 0) is 61.7 Å². The monoisotopic (exact) mass is 714 g/mol. The average molecular weight is 715 g/mol. The van der Waals surface area contributed by atoms with E-state index in [1.165, 1.54) is 11.6 Å². The highest BCUT2D eigenvalue weighted by Gasteiger charge is 2.32. The molecule has 2 fully saturated rings. The summed E-state index contributed by atoms with van der Waals surface area (Å²) >= 11 is 6.69. The van der Waals surface area contributed by atoms with Crippen molar-refractivity contribution < 1.29 is 19.1 Å². The third-order valence-corrected chi connectivity index (χ3v) is 9.88. The molecule has 4 N–H and O–H groups in total. The number of likely N-dealkylation sites (N-methyl/N-ethyl adjacent to an activating group) is 1. The molecule has 51 heavy (non-hydrogen) atoms. The maximum Gasteiger partial charge on any atom is 0.293 e. The second-order valence-corrected chi connectivity index (χ2v) is 13.5. The van der Waals surface area contributed by atoms with Crippen molar-refractivity contribution in [1.29, 1.82) is 0 Å². The summed E-state index contributed by atoms with van der Waals surface area (Å²) in [7, 11) is 5.02. The van der Waals surface area contributed by atoms with Crippen molar-refractivity contribution in [1.82, 2.24) is 29.9 Å². The first-order valence-corrected chi connectivity index (χ1v) is 17.3. The maximum atomic E-state index is 12.8. The molecule has 0 spiro atoms. The number of pyridine rings is 1. The summed E-state index contributed by atoms with van der Waals surface area (Å²) in [4.78, 5) is 60.4. The van der Waals surface area contributed by atoms with Crippen molar-refractivity contribution in [3.63, 3.8) is 0 Å². The number of benzene rings is 2. The fourth-order valence-corrected chi connectivity index (χ4v) is 7.01. The van der Waals surface area contributed by atoms with Crippen molar-refractivity contribution in [3.05, 3.63) is 58.5 Å². The van der Waals surface area contributed by atoms with Crippen LogP contribution in [0.1, 0.15) is 37.3 Å². The second kappa shape index (κ2) is 14.1. The number of carbonyl (C=O) groups is 3. The third-order valence-electron chi connectivity index (χ3n) is 9.54. The number of likely N-dealkylation sites (tertiary alicyclic amines) is 1. The predicted octanol–water partition coefficient (Wildman–Crippen LogP) is 2.43. The number of piperidine rings is 2. The molecule has 5 heterocycles. The zero-order chi connectivity index (χ0) is 35.8. The largest absolute Gasteiger partial charge is 0.478 e. The van der Waals surface area contributed by atoms with Crippen molar-refractivity contribution in [2.45, 2.75) is 43.0 Å². The number of anilines is 2. The van der Waals surface area contributed by atoms with Gasteiger partial charge in [0.25, 0.3) is 11.5 Å². The van der Waals surface area contributed by atoms with Crippen LogP contribution in [0, 0.1) is 0 Å². The van der Waals surface area contributed by atoms with Gasteiger partial charge in [-0.2, -0.15) is 10.1 Å². The van der Waals surface area contributed by atoms with Gasteiger partial charge >= 0.3 is 0 Å². The highest BCUT2D eigenvalue weighted by Crippen LogP contribution is 2.32. The van der Waals surface area contributed by atoms with Gasteiger partial charge in [0.05, 0.1) is 29.2 Å². The van der Waals surface area contributed by atoms with Crippen LogP contribution in [0.5, 0.6) is 5.75 Å². The van der Waals surface area contributed by atoms with Crippen LogP contribution in [0.15, 0.2) is 57.2 Å². The first-order chi connectivity index (χ1) is 24.6. The summed E-state index contributed by atoms with van der Waals surface area (Å²) in [5.74, 6) is -0.0609. The Kier molecular flexibility index (Phi) is 9.38. The second-order valence-electron chi connectivity index (χ2n) is 13.0. The minimum atomic E-state index is -0.453. The summed E-state index contributed by atoms with van der Waals surface area (Å²) in [6, 6.07) is 13.4. The Morgan fingerprint density at radius 1 is 1.06 bits per heavy atom. The van der Waals surface area contributed by atoms with E-state index in [-0.39, 0.29) is 41.7 Å². The number of aliphatic imine (C=N–C) groups is 2. The lowest BCUT2D eigenvalue weighted by Crippen LogP contribution is -2.46. The van der Waals surface area contributed by atoms with Crippen molar-refractivity contribution in [3.8, 4) is 5.75 Å². The number of carbonyl (C=O) groups excluding carboxylic acids is 3. The summed E-state index contributed by atoms with van der Waals surface area (Å²) in [5.41, 5.74) is 3.64. The van der Waals surface area contributed by atoms with E-state index >= 15 is 0 Å². The predicted molar refractivity (Wildman–Crippen MR) is 196 cm³/mol. The molecule has 2 saturated heterocycles. The first-order valence-electron chi connectivity index (χ1n) is 16.9. The highest BCUT2D eigenvalue weighted by molar-refractivity contribution is 6.35. The number of nitrogens with zero attached hydrogens (tertiary/aromatic N) is 6. The van der Waals surface area contributed by atoms with Gasteiger partial charge in [-0.15, -0.1) is 11.6 Å². The van der Waals surface area contributed by atoms with Crippen LogP contribution in [0.2, 0.25) is 0 Å². The van der Waals surface area contributed by atoms with Crippen LogP contribution >= 0.6 is 11.6 Å². The lowest BCUT2D eigenvalue weighted by molar-refractivity contribution is -0.134. The Morgan fingerprint density at radius 3 is 2.69 bits per heavy atom. The van der Waals surface area contributed by atoms with Gasteiger partial charge in [0.15, 0.2) is 12.4 Å². The SMILES string of the molecule is CNC(=O)COc1cc2cc(NC3=NC(N4CCC[C@@H](Nc5ccc6c(C7CCC(=O)NC7=O)nn(C)c6c5)C4)=NCC3Cl)ccc2n(C)c1=O. The van der Waals surface area contributed by atoms with E-state index in [4.69, 9.17) is 26.3 Å². The molecule has 3 aliphatic heterocycles. The van der Waals surface area contributed by atoms with Crippen LogP contribution in [-0.2, 0) is 28.5 Å². The van der Waals surface area contributed by atoms with E-state index < -0.39 is 11.3 Å². The number of nitrogens with one attached hydrogen (secondary N) is 4. The molecule has 0 radical (unpaired) electrons. The molecule has 3 amide bonds. The number of amidine groups is 1. The molecular weight excluding hydrogens is 676 g/mol. The molecule has 3 atom stereocenters. The minimum absolute atomic E-state index is 0.0795. The number of rotatable bonds is 7. The molecule has 3 aliphatic rings. The Bertz CT molecular complexity index is 2180. The minimum Gasteiger partial charge on any atom is -0.478 e. The zero-order valence-electron chi connectivity index (χ0n) is 28.5. The number of amides is 3. The first kappa shape index (κ1) is 34.0. The van der Waals surface area contributed by atoms with E-state index in [1.54, 1.807) is 17.8 Å². The number of aryl methyl sites for hydroxylation is 2. The summed E-state index contributed by atoms with van der Waals surface area (Å²) in [6.45, 7) is 1.60. The summed E-state index contributed by atoms with van der Waals surface area (Å²) in [5, 5.41) is 17.8. The van der Waals surface area contributed by atoms with Gasteiger partial charge in [0, 0.05) is 68.8 Å². The summed E-state index contributed by atoms with van der Waals surface area (Å²) in [6.07, 6.45) is 2.66. The molecule has 266 valence electrons. The van der Waals surface area contributed by atoms with Crippen molar-refractivity contribution in [2.24, 2.45) is 24.1 Å². The Morgan fingerprint density at radius 2 is 1.88 bits per heavy atom. The maximum absolute atomic E-state index is 12.8. The average Bonchev–Trinajstić information content (AvgIpc) is 3.44. The number of imide groups is 1. The van der Waals surface area contributed by atoms with Gasteiger partial charge in [-0.1, -0.05) is 0 Å². The van der Waals surface area contributed by atoms with Crippen LogP contribution in [0.4, 0.5) is 11.4 Å². The number of alkyl halides is 1. The van der Waals surface area contributed by atoms with E-state index in [9.17, 15) is 19.2 Å². The number of hydrogen-bond donors (Lipinski definition) is 4. The molecule has 0 bridgehead atoms. The lowest BCUT2D eigenvalue weighted by atomic mass is 9.93. The van der Waals surface area contributed by atoms with Gasteiger partial charge in [0.2, 0.25) is 17.8 Å². The van der Waals surface area contributed by atoms with Gasteiger partial charge in [0.1, 0.15) is 11.2 Å². The van der Waals surface area contributed by atoms with Crippen molar-refractivity contribution >= 4 is 74.3 Å². The van der Waals surface area contributed by atoms with Crippen molar-refractivity contribution in [2.75, 3.05) is 43.9 Å². The van der Waals surface area contributed by atoms with Gasteiger partial charge in [-0.3, -0.25) is 29.2 Å². The number of ether oxygens (including phenoxy) is 1. The number of fused-ring (bicyclic) bond motifs is 2. The number of guanidine groups is 1. The quantitative estimate of drug-likeness (QED) is 0.166. The van der Waals surface area contributed by atoms with Crippen LogP contribution in [-0.4, -0.2) is 93.5 Å². The van der Waals surface area contributed by atoms with Crippen LogP contribution < -0.4 is 31.6 Å². The highest BCUT2D eigenvalue weighted by atomic mass is 35.5. The van der Waals surface area contributed by atoms with Gasteiger partial charge in [-0.25, -0.2) is 4.99 Å². The molecule has 4 aromatic rings. The third kappa shape index (κ3) is 6.98. The van der Waals surface area contributed by atoms with E-state index in [1.807, 2.05) is 43.4 Å². The van der Waals surface area contributed by atoms with E-state index in [0.29, 0.717) is 48.9 Å². The molecule has 2 unspecified atom stereocenters. The van der Waals surface area contributed by atoms with E-state index in [0.717, 1.165) is 47.1 Å². The molecule has 15 nitrogen and oxygen atoms in total. The van der Waals surface area contributed by atoms with Crippen LogP contribution in [0.3, 0.4) is 0 Å². The fraction of sp³-hybridized carbons (Fsp3) is 0.400. The molecule has 2 aromatic heterocycles. The molecule has 16 heteroatoms. The number of aromatic nitrogens is 3. The Hall–Kier alpha value is -5.44. The Labute approximate surface area is 298 Å². The van der Waals surface area contributed by atoms with E-state index in [2.05, 4.69) is 31.3 Å². The molecule has 2 aromatic carbocycles. The standard InChI is InChI=1S/C35H39ClN10O5/c1-37-30(48)18-51-28-14-19-13-20(7-10-26(19)44(2)34(28)50)40-32-25(36)16-38-35(42-32)46-12-4-5-22(17-46)39-21-6-8-23-27(15-21)45(3)43-31(23)24-9-11-29(47)41-33(24)49/h6-8,10,13-15,22,24-25,39H,4-5,9,11-12,16-18H2,1-3H3,(H,37,48)(H,38,40,42)(H,41,47,49)/t22-,24?,25?/m1/s1. The molecule has 7 rings (SSSR count). The topological polar surface area (TPSA) is 176 Å². The lowest BCUT2D eigenvalue weighted by Gasteiger charge is -2.35. The molecular formula is C35H39ClN10O5. The normalized spacial score (nSPS) is 20.9. The zero-order valence-corrected chi connectivity index (χ0v) is 29.3. The number of halogens is 1. The fourth-order valence-electron chi connectivity index (χ4n) is 6.84.